The summed E-state index contributed by atoms with van der Waals surface area (Å²) in [6, 6.07) is 6.56. The third kappa shape index (κ3) is 4.57. The monoisotopic (exact) mass is 362 g/mol. The summed E-state index contributed by atoms with van der Waals surface area (Å²) in [5.74, 6) is -0.885. The van der Waals surface area contributed by atoms with Crippen LogP contribution in [0.15, 0.2) is 24.3 Å². The Bertz CT molecular complexity index is 753. The van der Waals surface area contributed by atoms with Crippen LogP contribution in [-0.4, -0.2) is 34.6 Å². The molecule has 1 atom stereocenters. The van der Waals surface area contributed by atoms with Gasteiger partial charge in [-0.2, -0.15) is 0 Å². The fourth-order valence-electron chi connectivity index (χ4n) is 2.31. The van der Waals surface area contributed by atoms with Crippen molar-refractivity contribution in [3.05, 3.63) is 34.8 Å². The van der Waals surface area contributed by atoms with Gasteiger partial charge in [0.25, 0.3) is 5.91 Å². The van der Waals surface area contributed by atoms with Crippen LogP contribution in [0, 0.1) is 12.8 Å². The zero-order chi connectivity index (χ0) is 18.6. The Morgan fingerprint density at radius 2 is 1.92 bits per heavy atom. The molecule has 0 aliphatic heterocycles. The average Bonchev–Trinajstić information content (AvgIpc) is 2.94. The van der Waals surface area contributed by atoms with Gasteiger partial charge in [-0.3, -0.25) is 4.79 Å². The quantitative estimate of drug-likeness (QED) is 0.788. The molecule has 1 aromatic carbocycles. The van der Waals surface area contributed by atoms with Crippen molar-refractivity contribution in [1.29, 1.82) is 0 Å². The van der Waals surface area contributed by atoms with Gasteiger partial charge in [-0.05, 0) is 44.0 Å². The smallest absolute Gasteiger partial charge is 0.326 e. The molecule has 1 unspecified atom stereocenters. The van der Waals surface area contributed by atoms with Crippen LogP contribution in [0.2, 0.25) is 0 Å². The summed E-state index contributed by atoms with van der Waals surface area (Å²) in [6.45, 7) is 7.77. The van der Waals surface area contributed by atoms with E-state index >= 15 is 0 Å². The number of aryl methyl sites for hydroxylation is 1. The highest BCUT2D eigenvalue weighted by molar-refractivity contribution is 7.17. The van der Waals surface area contributed by atoms with Gasteiger partial charge in [-0.1, -0.05) is 13.8 Å². The Labute approximate surface area is 150 Å². The number of ether oxygens (including phenoxy) is 1. The van der Waals surface area contributed by atoms with Gasteiger partial charge in [-0.25, -0.2) is 9.78 Å². The van der Waals surface area contributed by atoms with Gasteiger partial charge < -0.3 is 15.2 Å². The highest BCUT2D eigenvalue weighted by Gasteiger charge is 2.26. The molecule has 2 N–H and O–H groups in total. The zero-order valence-electron chi connectivity index (χ0n) is 14.7. The maximum absolute atomic E-state index is 12.4. The van der Waals surface area contributed by atoms with Crippen LogP contribution in [0.3, 0.4) is 0 Å². The zero-order valence-corrected chi connectivity index (χ0v) is 15.5. The van der Waals surface area contributed by atoms with Crippen LogP contribution in [0.25, 0.3) is 10.6 Å². The third-order valence-electron chi connectivity index (χ3n) is 3.63. The number of nitrogens with one attached hydrogen (secondary N) is 1. The number of hydrogen-bond acceptors (Lipinski definition) is 5. The summed E-state index contributed by atoms with van der Waals surface area (Å²) < 4.78 is 5.42. The second kappa shape index (κ2) is 8.11. The molecular weight excluding hydrogens is 340 g/mol. The summed E-state index contributed by atoms with van der Waals surface area (Å²) in [5.41, 5.74) is 1.47. The van der Waals surface area contributed by atoms with Crippen molar-refractivity contribution in [1.82, 2.24) is 10.3 Å². The molecule has 0 saturated heterocycles. The van der Waals surface area contributed by atoms with Crippen LogP contribution in [0.5, 0.6) is 5.75 Å². The lowest BCUT2D eigenvalue weighted by Gasteiger charge is -2.17. The average molecular weight is 362 g/mol. The first-order valence-corrected chi connectivity index (χ1v) is 8.89. The van der Waals surface area contributed by atoms with Gasteiger partial charge in [-0.15, -0.1) is 11.3 Å². The molecule has 1 amide bonds. The van der Waals surface area contributed by atoms with E-state index in [2.05, 4.69) is 10.3 Å². The number of amides is 1. The predicted molar refractivity (Wildman–Crippen MR) is 97.2 cm³/mol. The Kier molecular flexibility index (Phi) is 6.14. The van der Waals surface area contributed by atoms with E-state index in [0.29, 0.717) is 22.2 Å². The molecule has 7 heteroatoms. The molecule has 0 radical (unpaired) electrons. The topological polar surface area (TPSA) is 88.5 Å². The number of aromatic nitrogens is 1. The molecule has 0 saturated carbocycles. The summed E-state index contributed by atoms with van der Waals surface area (Å²) in [4.78, 5) is 28.6. The largest absolute Gasteiger partial charge is 0.494 e. The fraction of sp³-hybridized carbons (Fsp3) is 0.389. The van der Waals surface area contributed by atoms with Crippen molar-refractivity contribution in [2.45, 2.75) is 33.7 Å². The van der Waals surface area contributed by atoms with Crippen molar-refractivity contribution < 1.29 is 19.4 Å². The highest BCUT2D eigenvalue weighted by Crippen LogP contribution is 2.29. The van der Waals surface area contributed by atoms with E-state index in [-0.39, 0.29) is 5.92 Å². The van der Waals surface area contributed by atoms with Crippen LogP contribution in [-0.2, 0) is 4.79 Å². The van der Waals surface area contributed by atoms with Crippen molar-refractivity contribution in [2.24, 2.45) is 5.92 Å². The van der Waals surface area contributed by atoms with Crippen molar-refractivity contribution in [2.75, 3.05) is 6.61 Å². The molecule has 6 nitrogen and oxygen atoms in total. The molecule has 0 bridgehead atoms. The van der Waals surface area contributed by atoms with Gasteiger partial charge >= 0.3 is 5.97 Å². The van der Waals surface area contributed by atoms with E-state index in [0.717, 1.165) is 11.3 Å². The Morgan fingerprint density at radius 3 is 2.44 bits per heavy atom. The first-order valence-electron chi connectivity index (χ1n) is 8.07. The van der Waals surface area contributed by atoms with E-state index in [1.54, 1.807) is 20.8 Å². The van der Waals surface area contributed by atoms with E-state index in [1.165, 1.54) is 11.3 Å². The van der Waals surface area contributed by atoms with E-state index in [9.17, 15) is 14.7 Å². The van der Waals surface area contributed by atoms with E-state index in [4.69, 9.17) is 4.74 Å². The minimum atomic E-state index is -1.04. The lowest BCUT2D eigenvalue weighted by atomic mass is 10.0. The van der Waals surface area contributed by atoms with Gasteiger partial charge in [0.15, 0.2) is 0 Å². The van der Waals surface area contributed by atoms with Crippen molar-refractivity contribution in [3.63, 3.8) is 0 Å². The number of carboxylic acids is 1. The third-order valence-corrected chi connectivity index (χ3v) is 4.84. The number of nitrogens with zero attached hydrogens (tertiary/aromatic N) is 1. The number of thiazole rings is 1. The molecule has 25 heavy (non-hydrogen) atoms. The van der Waals surface area contributed by atoms with Crippen molar-refractivity contribution >= 4 is 23.2 Å². The highest BCUT2D eigenvalue weighted by atomic mass is 32.1. The molecular formula is C18H22N2O4S. The molecule has 1 aromatic heterocycles. The fourth-order valence-corrected chi connectivity index (χ4v) is 3.29. The normalized spacial score (nSPS) is 12.0. The molecule has 0 spiro atoms. The number of carboxylic acid groups (broad SMARTS) is 1. The molecule has 2 aromatic rings. The van der Waals surface area contributed by atoms with Crippen LogP contribution in [0.1, 0.15) is 36.1 Å². The van der Waals surface area contributed by atoms with Crippen LogP contribution >= 0.6 is 11.3 Å². The number of carbonyl (C=O) groups excluding carboxylic acids is 1. The maximum Gasteiger partial charge on any atom is 0.326 e. The second-order valence-electron chi connectivity index (χ2n) is 5.92. The summed E-state index contributed by atoms with van der Waals surface area (Å²) in [7, 11) is 0. The summed E-state index contributed by atoms with van der Waals surface area (Å²) in [6.07, 6.45) is 0. The van der Waals surface area contributed by atoms with Crippen molar-refractivity contribution in [3.8, 4) is 16.3 Å². The summed E-state index contributed by atoms with van der Waals surface area (Å²) in [5, 5.41) is 12.5. The predicted octanol–water partition coefficient (Wildman–Crippen LogP) is 3.36. The molecule has 1 heterocycles. The minimum absolute atomic E-state index is 0.208. The van der Waals surface area contributed by atoms with E-state index in [1.807, 2.05) is 31.2 Å². The molecule has 0 aliphatic carbocycles. The SMILES string of the molecule is CCOc1ccc(-c2nc(C)c(C(=O)NC(C(=O)O)C(C)C)s2)cc1. The number of rotatable bonds is 7. The molecule has 0 fully saturated rings. The number of aliphatic carboxylic acids is 1. The lowest BCUT2D eigenvalue weighted by Crippen LogP contribution is -2.44. The first kappa shape index (κ1) is 18.9. The standard InChI is InChI=1S/C18H22N2O4S/c1-5-24-13-8-6-12(7-9-13)17-19-11(4)15(25-17)16(21)20-14(10(2)3)18(22)23/h6-10,14H,5H2,1-4H3,(H,20,21)(H,22,23). The molecule has 2 rings (SSSR count). The van der Waals surface area contributed by atoms with Gasteiger partial charge in [0.05, 0.1) is 12.3 Å². The summed E-state index contributed by atoms with van der Waals surface area (Å²) >= 11 is 1.25. The second-order valence-corrected chi connectivity index (χ2v) is 6.92. The molecule has 0 aliphatic rings. The number of hydrogen-bond donors (Lipinski definition) is 2. The minimum Gasteiger partial charge on any atom is -0.494 e. The van der Waals surface area contributed by atoms with Crippen LogP contribution in [0.4, 0.5) is 0 Å². The Morgan fingerprint density at radius 1 is 1.28 bits per heavy atom. The number of carbonyl (C=O) groups is 2. The lowest BCUT2D eigenvalue weighted by molar-refractivity contribution is -0.140. The van der Waals surface area contributed by atoms with Gasteiger partial charge in [0.1, 0.15) is 21.7 Å². The van der Waals surface area contributed by atoms with Crippen LogP contribution < -0.4 is 10.1 Å². The Balaban J connectivity index is 2.21. The van der Waals surface area contributed by atoms with Gasteiger partial charge in [0.2, 0.25) is 0 Å². The molecule has 134 valence electrons. The maximum atomic E-state index is 12.4. The van der Waals surface area contributed by atoms with Gasteiger partial charge in [0, 0.05) is 5.56 Å². The Hall–Kier alpha value is -2.41. The van der Waals surface area contributed by atoms with E-state index < -0.39 is 17.9 Å². The first-order chi connectivity index (χ1) is 11.8. The number of benzene rings is 1.